The van der Waals surface area contributed by atoms with Crippen molar-refractivity contribution in [3.63, 3.8) is 0 Å². The van der Waals surface area contributed by atoms with Crippen molar-refractivity contribution in [3.8, 4) is 0 Å². The Morgan fingerprint density at radius 1 is 0.944 bits per heavy atom. The predicted molar refractivity (Wildman–Crippen MR) is 61.4 cm³/mol. The molecule has 102 valence electrons. The first-order chi connectivity index (χ1) is 8.11. The lowest BCUT2D eigenvalue weighted by Crippen LogP contribution is -2.54. The third-order valence-electron chi connectivity index (χ3n) is 1.74. The van der Waals surface area contributed by atoms with Crippen LogP contribution in [0.3, 0.4) is 0 Å². The summed E-state index contributed by atoms with van der Waals surface area (Å²) in [5, 5.41) is 0. The fourth-order valence-corrected chi connectivity index (χ4v) is 1.66. The van der Waals surface area contributed by atoms with E-state index in [4.69, 9.17) is 14.2 Å². The zero-order chi connectivity index (χ0) is 14.5. The second-order valence-electron chi connectivity index (χ2n) is 3.38. The van der Waals surface area contributed by atoms with Gasteiger partial charge in [0.05, 0.1) is 0 Å². The summed E-state index contributed by atoms with van der Waals surface area (Å²) in [6.07, 6.45) is -1.30. The van der Waals surface area contributed by atoms with Crippen LogP contribution in [0.5, 0.6) is 0 Å². The fraction of sp³-hybridized carbons (Fsp3) is 0.600. The summed E-state index contributed by atoms with van der Waals surface area (Å²) in [6, 6.07) is 0. The van der Waals surface area contributed by atoms with Crippen LogP contribution >= 0.6 is 15.9 Å². The average molecular weight is 325 g/mol. The molecule has 0 radical (unpaired) electrons. The SMILES string of the molecule is CC(=O)OC(C)C(OC(C)=O)(OC(C)=O)C(=O)Br. The van der Waals surface area contributed by atoms with Gasteiger partial charge >= 0.3 is 23.7 Å². The van der Waals surface area contributed by atoms with Gasteiger partial charge in [-0.05, 0) is 6.92 Å². The molecule has 0 saturated heterocycles. The molecule has 0 fully saturated rings. The van der Waals surface area contributed by atoms with E-state index in [-0.39, 0.29) is 0 Å². The summed E-state index contributed by atoms with van der Waals surface area (Å²) in [5.41, 5.74) is 0. The highest BCUT2D eigenvalue weighted by atomic mass is 79.9. The molecule has 0 aromatic heterocycles. The molecule has 0 aliphatic carbocycles. The van der Waals surface area contributed by atoms with Crippen molar-refractivity contribution in [3.05, 3.63) is 0 Å². The van der Waals surface area contributed by atoms with Gasteiger partial charge in [-0.2, -0.15) is 0 Å². The minimum atomic E-state index is -2.33. The van der Waals surface area contributed by atoms with Crippen LogP contribution in [0.25, 0.3) is 0 Å². The van der Waals surface area contributed by atoms with Gasteiger partial charge in [-0.15, -0.1) is 0 Å². The molecule has 1 atom stereocenters. The summed E-state index contributed by atoms with van der Waals surface area (Å²) in [7, 11) is 0. The van der Waals surface area contributed by atoms with Crippen LogP contribution in [0.15, 0.2) is 0 Å². The van der Waals surface area contributed by atoms with Crippen molar-refractivity contribution in [2.75, 3.05) is 0 Å². The van der Waals surface area contributed by atoms with E-state index in [1.165, 1.54) is 6.92 Å². The first-order valence-electron chi connectivity index (χ1n) is 4.88. The van der Waals surface area contributed by atoms with Crippen LogP contribution in [0.4, 0.5) is 0 Å². The summed E-state index contributed by atoms with van der Waals surface area (Å²) in [6.45, 7) is 4.40. The van der Waals surface area contributed by atoms with Crippen LogP contribution in [0.2, 0.25) is 0 Å². The quantitative estimate of drug-likeness (QED) is 0.417. The molecule has 0 heterocycles. The number of halogens is 1. The van der Waals surface area contributed by atoms with E-state index in [1.54, 1.807) is 0 Å². The Kier molecular flexibility index (Phi) is 5.96. The maximum atomic E-state index is 11.5. The Bertz CT molecular complexity index is 360. The van der Waals surface area contributed by atoms with Gasteiger partial charge in [0.2, 0.25) is 0 Å². The summed E-state index contributed by atoms with van der Waals surface area (Å²) in [4.78, 5) is 44.4. The van der Waals surface area contributed by atoms with Crippen molar-refractivity contribution < 1.29 is 33.4 Å². The number of carbonyl (C=O) groups excluding carboxylic acids is 4. The molecular formula is C10H13BrO7. The van der Waals surface area contributed by atoms with Crippen molar-refractivity contribution >= 4 is 38.5 Å². The summed E-state index contributed by atoms with van der Waals surface area (Å²) < 4.78 is 13.2. The first-order valence-corrected chi connectivity index (χ1v) is 5.67. The van der Waals surface area contributed by atoms with E-state index in [2.05, 4.69) is 15.9 Å². The van der Waals surface area contributed by atoms with Gasteiger partial charge in [-0.1, -0.05) is 0 Å². The number of ether oxygens (including phenoxy) is 3. The summed E-state index contributed by atoms with van der Waals surface area (Å²) >= 11 is 2.56. The third kappa shape index (κ3) is 4.44. The van der Waals surface area contributed by atoms with Gasteiger partial charge in [-0.3, -0.25) is 19.2 Å². The van der Waals surface area contributed by atoms with Gasteiger partial charge in [-0.25, -0.2) is 0 Å². The van der Waals surface area contributed by atoms with Gasteiger partial charge < -0.3 is 14.2 Å². The molecule has 1 unspecified atom stereocenters. The van der Waals surface area contributed by atoms with Gasteiger partial charge in [0, 0.05) is 36.7 Å². The number of hydrogen-bond donors (Lipinski definition) is 0. The van der Waals surface area contributed by atoms with Crippen LogP contribution in [-0.2, 0) is 33.4 Å². The number of hydrogen-bond acceptors (Lipinski definition) is 7. The molecule has 0 aromatic rings. The van der Waals surface area contributed by atoms with E-state index in [0.29, 0.717) is 0 Å². The van der Waals surface area contributed by atoms with Crippen molar-refractivity contribution in [2.45, 2.75) is 39.6 Å². The first kappa shape index (κ1) is 16.6. The lowest BCUT2D eigenvalue weighted by atomic mass is 10.2. The van der Waals surface area contributed by atoms with Crippen LogP contribution in [0.1, 0.15) is 27.7 Å². The van der Waals surface area contributed by atoms with E-state index in [0.717, 1.165) is 20.8 Å². The molecule has 0 N–H and O–H groups in total. The average Bonchev–Trinajstić information content (AvgIpc) is 2.13. The second-order valence-corrected chi connectivity index (χ2v) is 4.10. The topological polar surface area (TPSA) is 96.0 Å². The maximum absolute atomic E-state index is 11.5. The minimum absolute atomic E-state index is 0.722. The third-order valence-corrected chi connectivity index (χ3v) is 2.30. The monoisotopic (exact) mass is 324 g/mol. The van der Waals surface area contributed by atoms with Crippen LogP contribution < -0.4 is 0 Å². The minimum Gasteiger partial charge on any atom is -0.454 e. The predicted octanol–water partition coefficient (Wildman–Crippen LogP) is 0.682. The molecule has 0 rings (SSSR count). The largest absolute Gasteiger partial charge is 0.454 e. The zero-order valence-electron chi connectivity index (χ0n) is 10.3. The molecule has 0 amide bonds. The second kappa shape index (κ2) is 6.48. The van der Waals surface area contributed by atoms with E-state index < -0.39 is 34.5 Å². The Labute approximate surface area is 112 Å². The van der Waals surface area contributed by atoms with Crippen LogP contribution in [-0.4, -0.2) is 34.5 Å². The van der Waals surface area contributed by atoms with Crippen molar-refractivity contribution in [1.29, 1.82) is 0 Å². The normalized spacial score (nSPS) is 12.3. The number of carbonyl (C=O) groups is 4. The number of rotatable bonds is 5. The van der Waals surface area contributed by atoms with E-state index in [1.807, 2.05) is 0 Å². The summed E-state index contributed by atoms with van der Waals surface area (Å²) in [5.74, 6) is -4.80. The molecule has 7 nitrogen and oxygen atoms in total. The lowest BCUT2D eigenvalue weighted by molar-refractivity contribution is -0.247. The van der Waals surface area contributed by atoms with Crippen LogP contribution in [0, 0.1) is 0 Å². The smallest absolute Gasteiger partial charge is 0.364 e. The van der Waals surface area contributed by atoms with E-state index in [9.17, 15) is 19.2 Å². The highest BCUT2D eigenvalue weighted by Gasteiger charge is 2.52. The number of esters is 3. The maximum Gasteiger partial charge on any atom is 0.364 e. The molecule has 8 heteroatoms. The van der Waals surface area contributed by atoms with E-state index >= 15 is 0 Å². The Hall–Kier alpha value is -1.44. The molecule has 0 aliphatic heterocycles. The highest BCUT2D eigenvalue weighted by molar-refractivity contribution is 9.18. The standard InChI is InChI=1S/C10H13BrO7/c1-5(16-6(2)12)10(9(11)15,17-7(3)13)18-8(4)14/h5H,1-4H3. The Morgan fingerprint density at radius 2 is 1.33 bits per heavy atom. The van der Waals surface area contributed by atoms with Crippen molar-refractivity contribution in [2.24, 2.45) is 0 Å². The Morgan fingerprint density at radius 3 is 1.56 bits per heavy atom. The highest BCUT2D eigenvalue weighted by Crippen LogP contribution is 2.26. The lowest BCUT2D eigenvalue weighted by Gasteiger charge is -2.32. The molecular weight excluding hydrogens is 312 g/mol. The molecule has 18 heavy (non-hydrogen) atoms. The molecule has 0 bridgehead atoms. The van der Waals surface area contributed by atoms with Crippen molar-refractivity contribution in [1.82, 2.24) is 0 Å². The van der Waals surface area contributed by atoms with Gasteiger partial charge in [0.25, 0.3) is 4.69 Å². The molecule has 0 saturated carbocycles. The molecule has 0 spiro atoms. The van der Waals surface area contributed by atoms with Gasteiger partial charge in [0.1, 0.15) is 0 Å². The Balaban J connectivity index is 5.43. The van der Waals surface area contributed by atoms with Gasteiger partial charge in [0.15, 0.2) is 6.10 Å². The molecule has 0 aliphatic rings. The zero-order valence-corrected chi connectivity index (χ0v) is 11.9. The fourth-order valence-electron chi connectivity index (χ4n) is 1.18. The molecule has 0 aromatic carbocycles.